The van der Waals surface area contributed by atoms with Crippen molar-refractivity contribution in [2.45, 2.75) is 24.7 Å². The molecule has 9 heteroatoms. The lowest BCUT2D eigenvalue weighted by Gasteiger charge is -2.41. The quantitative estimate of drug-likeness (QED) is 0.336. The van der Waals surface area contributed by atoms with Crippen LogP contribution in [0, 0.1) is 0 Å². The topological polar surface area (TPSA) is 71.5 Å². The number of hydrogen-bond donors (Lipinski definition) is 1. The average Bonchev–Trinajstić information content (AvgIpc) is 2.96. The van der Waals surface area contributed by atoms with Crippen molar-refractivity contribution in [1.82, 2.24) is 10.3 Å². The molecule has 5 rings (SSSR count). The maximum Gasteiger partial charge on any atom is 0.416 e. The molecule has 6 nitrogen and oxygen atoms in total. The van der Waals surface area contributed by atoms with Crippen LogP contribution in [-0.4, -0.2) is 23.9 Å². The van der Waals surface area contributed by atoms with Crippen molar-refractivity contribution >= 4 is 17.5 Å². The summed E-state index contributed by atoms with van der Waals surface area (Å²) in [4.78, 5) is 33.5. The van der Waals surface area contributed by atoms with Crippen molar-refractivity contribution in [2.75, 3.05) is 12.0 Å². The molecule has 3 aromatic carbocycles. The summed E-state index contributed by atoms with van der Waals surface area (Å²) in [6, 6.07) is 21.4. The molecule has 1 aromatic heterocycles. The van der Waals surface area contributed by atoms with E-state index < -0.39 is 29.6 Å². The Morgan fingerprint density at radius 1 is 1.00 bits per heavy atom. The van der Waals surface area contributed by atoms with Crippen molar-refractivity contribution in [3.8, 4) is 5.75 Å². The number of nitrogens with zero attached hydrogens (tertiary/aromatic N) is 2. The lowest BCUT2D eigenvalue weighted by molar-refractivity contribution is -0.137. The van der Waals surface area contributed by atoms with Gasteiger partial charge in [0.25, 0.3) is 5.91 Å². The van der Waals surface area contributed by atoms with Gasteiger partial charge in [-0.25, -0.2) is 0 Å². The Labute approximate surface area is 223 Å². The number of pyridine rings is 1. The number of rotatable bonds is 6. The molecular formula is C30H24F3N3O3. The number of carbonyl (C=O) groups excluding carboxylic acids is 2. The monoisotopic (exact) mass is 531 g/mol. The number of halogens is 3. The van der Waals surface area contributed by atoms with E-state index in [4.69, 9.17) is 4.74 Å². The van der Waals surface area contributed by atoms with Gasteiger partial charge in [-0.3, -0.25) is 19.5 Å². The molecule has 0 bridgehead atoms. The van der Waals surface area contributed by atoms with E-state index >= 15 is 0 Å². The molecule has 1 aliphatic heterocycles. The number of carbonyl (C=O) groups is 2. The highest BCUT2D eigenvalue weighted by Gasteiger charge is 2.45. The minimum atomic E-state index is -4.49. The summed E-state index contributed by atoms with van der Waals surface area (Å²) in [7, 11) is 1.54. The minimum absolute atomic E-state index is 0.113. The standard InChI is InChI=1S/C30H24F3N3O3/c1-39-23-13-11-22(12-14-23)36-27(20-7-5-15-34-18-20)26(24-9-2-3-10-25(24)29(36)38)28(37)35-17-19-6-4-8-21(16-19)30(31,32)33/h2-16,18,26-27H,17H2,1H3,(H,35,37)/t26-,27-/m0/s1. The molecule has 0 aliphatic carbocycles. The molecule has 2 amide bonds. The summed E-state index contributed by atoms with van der Waals surface area (Å²) in [5, 5.41) is 2.81. The molecule has 0 unspecified atom stereocenters. The Morgan fingerprint density at radius 3 is 2.46 bits per heavy atom. The van der Waals surface area contributed by atoms with E-state index in [0.29, 0.717) is 33.7 Å². The highest BCUT2D eigenvalue weighted by Crippen LogP contribution is 2.45. The summed E-state index contributed by atoms with van der Waals surface area (Å²) < 4.78 is 44.9. The lowest BCUT2D eigenvalue weighted by atomic mass is 9.79. The van der Waals surface area contributed by atoms with E-state index in [2.05, 4.69) is 10.3 Å². The highest BCUT2D eigenvalue weighted by molar-refractivity contribution is 6.11. The van der Waals surface area contributed by atoms with Gasteiger partial charge in [0.2, 0.25) is 5.91 Å². The summed E-state index contributed by atoms with van der Waals surface area (Å²) in [5.41, 5.74) is 1.61. The predicted molar refractivity (Wildman–Crippen MR) is 139 cm³/mol. The van der Waals surface area contributed by atoms with Crippen LogP contribution in [0.5, 0.6) is 5.75 Å². The molecule has 39 heavy (non-hydrogen) atoms. The van der Waals surface area contributed by atoms with E-state index in [9.17, 15) is 22.8 Å². The van der Waals surface area contributed by atoms with E-state index in [0.717, 1.165) is 12.1 Å². The van der Waals surface area contributed by atoms with E-state index in [1.165, 1.54) is 12.1 Å². The first-order valence-electron chi connectivity index (χ1n) is 12.2. The molecular weight excluding hydrogens is 507 g/mol. The highest BCUT2D eigenvalue weighted by atomic mass is 19.4. The normalized spacial score (nSPS) is 16.9. The van der Waals surface area contributed by atoms with Gasteiger partial charge >= 0.3 is 6.18 Å². The van der Waals surface area contributed by atoms with Gasteiger partial charge in [0.1, 0.15) is 5.75 Å². The van der Waals surface area contributed by atoms with Crippen molar-refractivity contribution in [1.29, 1.82) is 0 Å². The van der Waals surface area contributed by atoms with Gasteiger partial charge in [-0.15, -0.1) is 0 Å². The largest absolute Gasteiger partial charge is 0.497 e. The molecule has 0 saturated carbocycles. The molecule has 0 saturated heterocycles. The minimum Gasteiger partial charge on any atom is -0.497 e. The van der Waals surface area contributed by atoms with Crippen molar-refractivity contribution in [3.05, 3.63) is 125 Å². The summed E-state index contributed by atoms with van der Waals surface area (Å²) in [5.74, 6) is -0.973. The van der Waals surface area contributed by atoms with Crippen LogP contribution < -0.4 is 15.0 Å². The van der Waals surface area contributed by atoms with Crippen LogP contribution in [0.1, 0.15) is 44.6 Å². The predicted octanol–water partition coefficient (Wildman–Crippen LogP) is 5.91. The number of nitrogens with one attached hydrogen (secondary N) is 1. The van der Waals surface area contributed by atoms with Crippen molar-refractivity contribution in [3.63, 3.8) is 0 Å². The molecule has 4 aromatic rings. The van der Waals surface area contributed by atoms with Crippen LogP contribution in [0.4, 0.5) is 18.9 Å². The van der Waals surface area contributed by atoms with Crippen LogP contribution in [0.25, 0.3) is 0 Å². The molecule has 2 heterocycles. The first-order chi connectivity index (χ1) is 18.8. The van der Waals surface area contributed by atoms with Crippen molar-refractivity contribution < 1.29 is 27.5 Å². The number of alkyl halides is 3. The molecule has 0 fully saturated rings. The third kappa shape index (κ3) is 5.20. The maximum atomic E-state index is 13.9. The number of amides is 2. The molecule has 2 atom stereocenters. The number of hydrogen-bond acceptors (Lipinski definition) is 4. The number of anilines is 1. The zero-order valence-electron chi connectivity index (χ0n) is 20.9. The summed E-state index contributed by atoms with van der Waals surface area (Å²) in [6.45, 7) is -0.113. The third-order valence-electron chi connectivity index (χ3n) is 6.72. The number of fused-ring (bicyclic) bond motifs is 1. The second-order valence-electron chi connectivity index (χ2n) is 9.09. The number of methoxy groups -OCH3 is 1. The Bertz CT molecular complexity index is 1490. The Hall–Kier alpha value is -4.66. The van der Waals surface area contributed by atoms with Gasteiger partial charge in [-0.1, -0.05) is 36.4 Å². The smallest absolute Gasteiger partial charge is 0.416 e. The molecule has 0 spiro atoms. The zero-order chi connectivity index (χ0) is 27.6. The summed E-state index contributed by atoms with van der Waals surface area (Å²) >= 11 is 0. The number of benzene rings is 3. The Morgan fingerprint density at radius 2 is 1.77 bits per heavy atom. The van der Waals surface area contributed by atoms with Gasteiger partial charge in [0.05, 0.1) is 24.6 Å². The first kappa shape index (κ1) is 26.0. The zero-order valence-corrected chi connectivity index (χ0v) is 20.9. The molecule has 1 N–H and O–H groups in total. The second kappa shape index (κ2) is 10.6. The van der Waals surface area contributed by atoms with Gasteiger partial charge in [-0.2, -0.15) is 13.2 Å². The summed E-state index contributed by atoms with van der Waals surface area (Å²) in [6.07, 6.45) is -1.29. The molecule has 198 valence electrons. The Balaban J connectivity index is 1.57. The number of ether oxygens (including phenoxy) is 1. The molecule has 0 radical (unpaired) electrons. The second-order valence-corrected chi connectivity index (χ2v) is 9.09. The maximum absolute atomic E-state index is 13.9. The van der Waals surface area contributed by atoms with Crippen LogP contribution in [0.2, 0.25) is 0 Å². The number of aromatic nitrogens is 1. The van der Waals surface area contributed by atoms with Gasteiger partial charge in [0.15, 0.2) is 0 Å². The van der Waals surface area contributed by atoms with Crippen LogP contribution in [0.15, 0.2) is 97.3 Å². The van der Waals surface area contributed by atoms with Crippen LogP contribution in [0.3, 0.4) is 0 Å². The molecule has 1 aliphatic rings. The fourth-order valence-corrected chi connectivity index (χ4v) is 4.89. The first-order valence-corrected chi connectivity index (χ1v) is 12.2. The van der Waals surface area contributed by atoms with E-state index in [1.807, 2.05) is 0 Å². The SMILES string of the molecule is COc1ccc(N2C(=O)c3ccccc3[C@H](C(=O)NCc3cccc(C(F)(F)F)c3)[C@@H]2c2cccnc2)cc1. The van der Waals surface area contributed by atoms with Gasteiger partial charge in [0, 0.05) is 30.2 Å². The average molecular weight is 532 g/mol. The fraction of sp³-hybridized carbons (Fsp3) is 0.167. The van der Waals surface area contributed by atoms with E-state index in [-0.39, 0.29) is 12.5 Å². The Kier molecular flexibility index (Phi) is 7.06. The fourth-order valence-electron chi connectivity index (χ4n) is 4.89. The van der Waals surface area contributed by atoms with E-state index in [1.54, 1.807) is 85.1 Å². The van der Waals surface area contributed by atoms with Crippen LogP contribution >= 0.6 is 0 Å². The van der Waals surface area contributed by atoms with Gasteiger partial charge in [-0.05, 0) is 65.2 Å². The lowest BCUT2D eigenvalue weighted by Crippen LogP contribution is -2.47. The van der Waals surface area contributed by atoms with Crippen molar-refractivity contribution in [2.24, 2.45) is 0 Å². The van der Waals surface area contributed by atoms with Crippen LogP contribution in [-0.2, 0) is 17.5 Å². The third-order valence-corrected chi connectivity index (χ3v) is 6.72. The van der Waals surface area contributed by atoms with Gasteiger partial charge < -0.3 is 10.1 Å².